The van der Waals surface area contributed by atoms with E-state index in [-0.39, 0.29) is 17.7 Å². The van der Waals surface area contributed by atoms with Crippen molar-refractivity contribution in [3.8, 4) is 0 Å². The number of rotatable bonds is 6. The van der Waals surface area contributed by atoms with Crippen LogP contribution in [-0.4, -0.2) is 26.5 Å². The Morgan fingerprint density at radius 3 is 2.71 bits per heavy atom. The summed E-state index contributed by atoms with van der Waals surface area (Å²) in [6.45, 7) is 3.91. The molecule has 0 saturated carbocycles. The monoisotopic (exact) mass is 305 g/mol. The lowest BCUT2D eigenvalue weighted by molar-refractivity contribution is -0.119. The lowest BCUT2D eigenvalue weighted by Crippen LogP contribution is -2.28. The molecule has 0 fully saturated rings. The molecule has 0 aliphatic heterocycles. The molecule has 1 heterocycles. The number of aryl methyl sites for hydroxylation is 1. The normalized spacial score (nSPS) is 12.1. The molecule has 1 atom stereocenters. The lowest BCUT2D eigenvalue weighted by Gasteiger charge is -2.13. The van der Waals surface area contributed by atoms with Crippen LogP contribution in [0.5, 0.6) is 0 Å². The molecule has 0 unspecified atom stereocenters. The number of carbonyl (C=O) groups excluding carboxylic acids is 1. The molecule has 2 rings (SSSR count). The first-order valence-electron chi connectivity index (χ1n) is 6.78. The molecule has 112 valence electrons. The van der Waals surface area contributed by atoms with E-state index < -0.39 is 0 Å². The van der Waals surface area contributed by atoms with E-state index in [1.165, 1.54) is 16.4 Å². The molecule has 0 saturated heterocycles. The van der Waals surface area contributed by atoms with Gasteiger partial charge in [0.1, 0.15) is 0 Å². The number of carbonyl (C=O) groups is 1. The summed E-state index contributed by atoms with van der Waals surface area (Å²) in [5, 5.41) is 11.4. The van der Waals surface area contributed by atoms with Crippen LogP contribution in [0.2, 0.25) is 0 Å². The molecule has 21 heavy (non-hydrogen) atoms. The van der Waals surface area contributed by atoms with E-state index in [0.717, 1.165) is 5.56 Å². The van der Waals surface area contributed by atoms with E-state index in [1.54, 1.807) is 0 Å². The van der Waals surface area contributed by atoms with Crippen molar-refractivity contribution in [2.45, 2.75) is 31.5 Å². The van der Waals surface area contributed by atoms with Gasteiger partial charge in [0, 0.05) is 6.42 Å². The Bertz CT molecular complexity index is 599. The van der Waals surface area contributed by atoms with Gasteiger partial charge < -0.3 is 11.2 Å². The van der Waals surface area contributed by atoms with E-state index in [4.69, 9.17) is 5.84 Å². The third-order valence-corrected chi connectivity index (χ3v) is 4.00. The number of benzene rings is 1. The number of hydrogen-bond acceptors (Lipinski definition) is 5. The quantitative estimate of drug-likeness (QED) is 0.624. The van der Waals surface area contributed by atoms with Gasteiger partial charge in [-0.2, -0.15) is 0 Å². The summed E-state index contributed by atoms with van der Waals surface area (Å²) in [5.74, 6) is 6.74. The number of nitrogens with two attached hydrogens (primary N) is 1. The van der Waals surface area contributed by atoms with Gasteiger partial charge >= 0.3 is 0 Å². The van der Waals surface area contributed by atoms with Crippen molar-refractivity contribution in [1.82, 2.24) is 20.2 Å². The van der Waals surface area contributed by atoms with Crippen molar-refractivity contribution in [2.75, 3.05) is 11.6 Å². The van der Waals surface area contributed by atoms with Gasteiger partial charge in [0.15, 0.2) is 5.82 Å². The molecule has 0 spiro atoms. The Labute approximate surface area is 128 Å². The highest BCUT2D eigenvalue weighted by atomic mass is 32.2. The molecule has 3 N–H and O–H groups in total. The lowest BCUT2D eigenvalue weighted by atomic mass is 10.1. The third-order valence-electron chi connectivity index (χ3n) is 3.06. The molecule has 0 bridgehead atoms. The summed E-state index contributed by atoms with van der Waals surface area (Å²) < 4.78 is 1.43. The second-order valence-corrected chi connectivity index (χ2v) is 5.55. The molecule has 7 heteroatoms. The van der Waals surface area contributed by atoms with Crippen LogP contribution in [0.15, 0.2) is 35.5 Å². The molecule has 0 radical (unpaired) electrons. The van der Waals surface area contributed by atoms with Gasteiger partial charge in [0.25, 0.3) is 0 Å². The SMILES string of the molecule is CCc1nnc(SCC(=O)N[C@@H](C)c2ccccc2)n1N. The van der Waals surface area contributed by atoms with Crippen LogP contribution in [-0.2, 0) is 11.2 Å². The van der Waals surface area contributed by atoms with Gasteiger partial charge in [-0.3, -0.25) is 4.79 Å². The second-order valence-electron chi connectivity index (χ2n) is 4.61. The molecule has 1 aromatic carbocycles. The molecule has 0 aliphatic rings. The third kappa shape index (κ3) is 3.98. The summed E-state index contributed by atoms with van der Waals surface area (Å²) in [4.78, 5) is 12.0. The zero-order valence-corrected chi connectivity index (χ0v) is 12.9. The molecule has 2 aromatic rings. The van der Waals surface area contributed by atoms with E-state index in [9.17, 15) is 4.79 Å². The largest absolute Gasteiger partial charge is 0.349 e. The molecule has 1 amide bonds. The average molecular weight is 305 g/mol. The smallest absolute Gasteiger partial charge is 0.230 e. The van der Waals surface area contributed by atoms with Crippen molar-refractivity contribution in [3.63, 3.8) is 0 Å². The minimum Gasteiger partial charge on any atom is -0.349 e. The summed E-state index contributed by atoms with van der Waals surface area (Å²) in [7, 11) is 0. The highest BCUT2D eigenvalue weighted by Gasteiger charge is 2.13. The van der Waals surface area contributed by atoms with Gasteiger partial charge in [-0.1, -0.05) is 49.0 Å². The maximum Gasteiger partial charge on any atom is 0.230 e. The van der Waals surface area contributed by atoms with Crippen LogP contribution in [0.4, 0.5) is 0 Å². The van der Waals surface area contributed by atoms with E-state index in [0.29, 0.717) is 17.4 Å². The second kappa shape index (κ2) is 7.12. The van der Waals surface area contributed by atoms with Crippen molar-refractivity contribution in [2.24, 2.45) is 0 Å². The zero-order valence-electron chi connectivity index (χ0n) is 12.1. The highest BCUT2D eigenvalue weighted by Crippen LogP contribution is 2.16. The molecule has 1 aromatic heterocycles. The van der Waals surface area contributed by atoms with Crippen molar-refractivity contribution in [3.05, 3.63) is 41.7 Å². The van der Waals surface area contributed by atoms with Gasteiger partial charge in [0.2, 0.25) is 11.1 Å². The molecular weight excluding hydrogens is 286 g/mol. The first-order valence-corrected chi connectivity index (χ1v) is 7.76. The predicted octanol–water partition coefficient (Wildman–Crippen LogP) is 1.52. The van der Waals surface area contributed by atoms with E-state index in [1.807, 2.05) is 44.2 Å². The Morgan fingerprint density at radius 1 is 1.38 bits per heavy atom. The summed E-state index contributed by atoms with van der Waals surface area (Å²) >= 11 is 1.28. The fourth-order valence-electron chi connectivity index (χ4n) is 1.89. The first-order chi connectivity index (χ1) is 10.1. The minimum atomic E-state index is -0.0580. The maximum absolute atomic E-state index is 12.0. The van der Waals surface area contributed by atoms with E-state index in [2.05, 4.69) is 15.5 Å². The fraction of sp³-hybridized carbons (Fsp3) is 0.357. The van der Waals surface area contributed by atoms with E-state index >= 15 is 0 Å². The minimum absolute atomic E-state index is 0.0266. The van der Waals surface area contributed by atoms with Gasteiger partial charge in [-0.25, -0.2) is 4.68 Å². The first kappa shape index (κ1) is 15.4. The molecule has 0 aliphatic carbocycles. The highest BCUT2D eigenvalue weighted by molar-refractivity contribution is 7.99. The maximum atomic E-state index is 12.0. The van der Waals surface area contributed by atoms with Gasteiger partial charge in [0.05, 0.1) is 11.8 Å². The Balaban J connectivity index is 1.86. The van der Waals surface area contributed by atoms with Gasteiger partial charge in [-0.05, 0) is 12.5 Å². The Morgan fingerprint density at radius 2 is 2.10 bits per heavy atom. The number of nitrogens with zero attached hydrogens (tertiary/aromatic N) is 3. The number of nitrogen functional groups attached to an aromatic ring is 1. The standard InChI is InChI=1S/C14H19N5OS/c1-3-12-17-18-14(19(12)15)21-9-13(20)16-10(2)11-7-5-4-6-8-11/h4-8,10H,3,9,15H2,1-2H3,(H,16,20)/t10-/m0/s1. The number of thioether (sulfide) groups is 1. The topological polar surface area (TPSA) is 85.8 Å². The van der Waals surface area contributed by atoms with Crippen molar-refractivity contribution in [1.29, 1.82) is 0 Å². The van der Waals surface area contributed by atoms with Crippen LogP contribution in [0.25, 0.3) is 0 Å². The van der Waals surface area contributed by atoms with Crippen LogP contribution in [0.1, 0.15) is 31.3 Å². The summed E-state index contributed by atoms with van der Waals surface area (Å²) in [6.07, 6.45) is 0.710. The van der Waals surface area contributed by atoms with Crippen LogP contribution in [0.3, 0.4) is 0 Å². The number of aromatic nitrogens is 3. The average Bonchev–Trinajstić information content (AvgIpc) is 2.86. The molecular formula is C14H19N5OS. The zero-order chi connectivity index (χ0) is 15.2. The van der Waals surface area contributed by atoms with Crippen LogP contribution >= 0.6 is 11.8 Å². The van der Waals surface area contributed by atoms with Crippen molar-refractivity contribution < 1.29 is 4.79 Å². The molecule has 6 nitrogen and oxygen atoms in total. The number of amides is 1. The van der Waals surface area contributed by atoms with Crippen LogP contribution in [0, 0.1) is 0 Å². The Kier molecular flexibility index (Phi) is 5.21. The number of hydrogen-bond donors (Lipinski definition) is 2. The predicted molar refractivity (Wildman–Crippen MR) is 83.3 cm³/mol. The van der Waals surface area contributed by atoms with Crippen molar-refractivity contribution >= 4 is 17.7 Å². The van der Waals surface area contributed by atoms with Gasteiger partial charge in [-0.15, -0.1) is 10.2 Å². The number of nitrogens with one attached hydrogen (secondary N) is 1. The fourth-order valence-corrected chi connectivity index (χ4v) is 2.57. The Hall–Kier alpha value is -2.02. The van der Waals surface area contributed by atoms with Crippen LogP contribution < -0.4 is 11.2 Å². The summed E-state index contributed by atoms with van der Waals surface area (Å²) in [5.41, 5.74) is 1.08. The summed E-state index contributed by atoms with van der Waals surface area (Å²) in [6, 6.07) is 9.81.